The highest BCUT2D eigenvalue weighted by Gasteiger charge is 2.31. The fraction of sp³-hybridized carbons (Fsp3) is 0.750. The summed E-state index contributed by atoms with van der Waals surface area (Å²) in [6, 6.07) is -7.59. The molecule has 0 bridgehead atoms. The molecule has 6 amide bonds. The SMILES string of the molecule is CSCC[C@H](NC(=O)[C@H](C)N)C(=O)N[C@@H](CO)C(=O)N[C@@H](CO)C(=O)N[C@@H](CCCCN)C(=O)NCC(=O)N[C@@H](CCCCN)C(=O)O. The zero-order valence-corrected chi connectivity index (χ0v) is 28.3. The Morgan fingerprint density at radius 2 is 1.06 bits per heavy atom. The van der Waals surface area contributed by atoms with E-state index in [0.717, 1.165) is 0 Å². The van der Waals surface area contributed by atoms with Crippen LogP contribution < -0.4 is 49.1 Å². The summed E-state index contributed by atoms with van der Waals surface area (Å²) in [7, 11) is 0. The quantitative estimate of drug-likeness (QED) is 0.0375. The number of carbonyl (C=O) groups is 7. The van der Waals surface area contributed by atoms with Crippen molar-refractivity contribution in [2.75, 3.05) is 44.9 Å². The molecule has 20 heteroatoms. The van der Waals surface area contributed by atoms with Crippen molar-refractivity contribution in [1.82, 2.24) is 31.9 Å². The van der Waals surface area contributed by atoms with Gasteiger partial charge in [-0.05, 0) is 77.0 Å². The third-order valence-corrected chi connectivity index (χ3v) is 7.52. The monoisotopic (exact) mass is 707 g/mol. The second kappa shape index (κ2) is 25.5. The van der Waals surface area contributed by atoms with Crippen molar-refractivity contribution >= 4 is 53.2 Å². The number of aliphatic carboxylic acids is 1. The van der Waals surface area contributed by atoms with E-state index >= 15 is 0 Å². The van der Waals surface area contributed by atoms with Crippen molar-refractivity contribution < 1.29 is 48.9 Å². The van der Waals surface area contributed by atoms with Crippen LogP contribution in [0.3, 0.4) is 0 Å². The zero-order valence-electron chi connectivity index (χ0n) is 27.5. The number of rotatable bonds is 26. The molecule has 6 atom stereocenters. The van der Waals surface area contributed by atoms with Crippen LogP contribution in [0.25, 0.3) is 0 Å². The summed E-state index contributed by atoms with van der Waals surface area (Å²) in [6.07, 6.45) is 4.10. The second-order valence-corrected chi connectivity index (χ2v) is 11.9. The van der Waals surface area contributed by atoms with Gasteiger partial charge in [0, 0.05) is 0 Å². The average Bonchev–Trinajstić information content (AvgIpc) is 3.05. The predicted octanol–water partition coefficient (Wildman–Crippen LogP) is -5.05. The lowest BCUT2D eigenvalue weighted by atomic mass is 10.1. The Labute approximate surface area is 284 Å². The number of aliphatic hydroxyl groups is 2. The number of carboxylic acids is 1. The van der Waals surface area contributed by atoms with Crippen LogP contribution in [-0.2, 0) is 33.6 Å². The second-order valence-electron chi connectivity index (χ2n) is 10.9. The van der Waals surface area contributed by atoms with E-state index < -0.39 is 97.4 Å². The van der Waals surface area contributed by atoms with Gasteiger partial charge < -0.3 is 64.4 Å². The van der Waals surface area contributed by atoms with Gasteiger partial charge >= 0.3 is 5.97 Å². The van der Waals surface area contributed by atoms with Crippen LogP contribution in [0.4, 0.5) is 0 Å². The van der Waals surface area contributed by atoms with E-state index in [1.165, 1.54) is 18.7 Å². The minimum absolute atomic E-state index is 0.0687. The lowest BCUT2D eigenvalue weighted by Crippen LogP contribution is -2.60. The number of carboxylic acid groups (broad SMARTS) is 1. The molecule has 0 aliphatic heterocycles. The molecule has 0 heterocycles. The molecule has 15 N–H and O–H groups in total. The zero-order chi connectivity index (χ0) is 36.6. The smallest absolute Gasteiger partial charge is 0.326 e. The molecule has 0 radical (unpaired) electrons. The molecular weight excluding hydrogens is 654 g/mol. The number of hydrogen-bond donors (Lipinski definition) is 12. The number of amides is 6. The standard InChI is InChI=1S/C28H53N9O10S/c1-16(31)23(41)34-18(9-12-48-2)25(43)36-21(15-39)27(45)37-20(14-38)26(44)35-17(7-3-5-10-29)24(42)32-13-22(40)33-19(28(46)47)8-4-6-11-30/h16-21,38-39H,3-15,29-31H2,1-2H3,(H,32,42)(H,33,40)(H,34,41)(H,35,44)(H,36,43)(H,37,45)(H,46,47)/t16-,17-,18-,19-,20-,21-/m0/s1. The van der Waals surface area contributed by atoms with Gasteiger partial charge in [0.05, 0.1) is 25.8 Å². The first-order valence-corrected chi connectivity index (χ1v) is 17.0. The first-order chi connectivity index (χ1) is 22.7. The van der Waals surface area contributed by atoms with E-state index in [9.17, 15) is 48.9 Å². The van der Waals surface area contributed by atoms with Gasteiger partial charge in [-0.25, -0.2) is 4.79 Å². The Balaban J connectivity index is 5.48. The highest BCUT2D eigenvalue weighted by Crippen LogP contribution is 2.05. The number of thioether (sulfide) groups is 1. The molecular formula is C28H53N9O10S. The topological polar surface area (TPSA) is 330 Å². The van der Waals surface area contributed by atoms with Crippen LogP contribution in [0.2, 0.25) is 0 Å². The molecule has 0 saturated heterocycles. The first-order valence-electron chi connectivity index (χ1n) is 15.6. The number of carbonyl (C=O) groups excluding carboxylic acids is 6. The number of hydrogen-bond acceptors (Lipinski definition) is 13. The largest absolute Gasteiger partial charge is 0.480 e. The summed E-state index contributed by atoms with van der Waals surface area (Å²) in [5.41, 5.74) is 16.5. The fourth-order valence-electron chi connectivity index (χ4n) is 4.06. The summed E-state index contributed by atoms with van der Waals surface area (Å²) >= 11 is 1.41. The first kappa shape index (κ1) is 44.4. The summed E-state index contributed by atoms with van der Waals surface area (Å²) in [6.45, 7) is -0.330. The van der Waals surface area contributed by atoms with Crippen LogP contribution >= 0.6 is 11.8 Å². The molecule has 0 unspecified atom stereocenters. The third-order valence-electron chi connectivity index (χ3n) is 6.87. The highest BCUT2D eigenvalue weighted by molar-refractivity contribution is 7.98. The van der Waals surface area contributed by atoms with Crippen LogP contribution in [0, 0.1) is 0 Å². The van der Waals surface area contributed by atoms with Crippen molar-refractivity contribution in [3.63, 3.8) is 0 Å². The van der Waals surface area contributed by atoms with E-state index in [0.29, 0.717) is 44.5 Å². The van der Waals surface area contributed by atoms with Gasteiger partial charge in [0.25, 0.3) is 0 Å². The maximum Gasteiger partial charge on any atom is 0.326 e. The van der Waals surface area contributed by atoms with Crippen molar-refractivity contribution in [3.8, 4) is 0 Å². The lowest BCUT2D eigenvalue weighted by molar-refractivity contribution is -0.142. The van der Waals surface area contributed by atoms with Gasteiger partial charge in [0.1, 0.15) is 30.2 Å². The number of nitrogens with one attached hydrogen (secondary N) is 6. The molecule has 0 aromatic rings. The maximum atomic E-state index is 13.0. The molecule has 0 spiro atoms. The van der Waals surface area contributed by atoms with E-state index in [-0.39, 0.29) is 19.3 Å². The molecule has 0 saturated carbocycles. The van der Waals surface area contributed by atoms with Gasteiger partial charge in [-0.1, -0.05) is 0 Å². The minimum Gasteiger partial charge on any atom is -0.480 e. The van der Waals surface area contributed by atoms with E-state index in [1.807, 2.05) is 0 Å². The molecule has 276 valence electrons. The van der Waals surface area contributed by atoms with Crippen LogP contribution in [0.5, 0.6) is 0 Å². The van der Waals surface area contributed by atoms with Crippen LogP contribution in [0.15, 0.2) is 0 Å². The Bertz CT molecular complexity index is 1050. The van der Waals surface area contributed by atoms with Crippen molar-refractivity contribution in [3.05, 3.63) is 0 Å². The number of aliphatic hydroxyl groups excluding tert-OH is 2. The van der Waals surface area contributed by atoms with Gasteiger partial charge in [-0.15, -0.1) is 0 Å². The van der Waals surface area contributed by atoms with Gasteiger partial charge in [0.15, 0.2) is 0 Å². The minimum atomic E-state index is -1.62. The number of nitrogens with two attached hydrogens (primary N) is 3. The van der Waals surface area contributed by atoms with Crippen molar-refractivity contribution in [2.24, 2.45) is 17.2 Å². The Morgan fingerprint density at radius 3 is 1.50 bits per heavy atom. The van der Waals surface area contributed by atoms with E-state index in [1.54, 1.807) is 6.26 Å². The average molecular weight is 708 g/mol. The van der Waals surface area contributed by atoms with Gasteiger partial charge in [-0.2, -0.15) is 11.8 Å². The highest BCUT2D eigenvalue weighted by atomic mass is 32.2. The lowest BCUT2D eigenvalue weighted by Gasteiger charge is -2.25. The maximum absolute atomic E-state index is 13.0. The van der Waals surface area contributed by atoms with Crippen molar-refractivity contribution in [2.45, 2.75) is 88.1 Å². The van der Waals surface area contributed by atoms with Gasteiger partial charge in [-0.3, -0.25) is 28.8 Å². The fourth-order valence-corrected chi connectivity index (χ4v) is 4.53. The summed E-state index contributed by atoms with van der Waals surface area (Å²) < 4.78 is 0. The number of unbranched alkanes of at least 4 members (excludes halogenated alkanes) is 2. The van der Waals surface area contributed by atoms with Crippen molar-refractivity contribution in [1.29, 1.82) is 0 Å². The van der Waals surface area contributed by atoms with Gasteiger partial charge in [0.2, 0.25) is 35.4 Å². The molecule has 0 rings (SSSR count). The molecule has 48 heavy (non-hydrogen) atoms. The summed E-state index contributed by atoms with van der Waals surface area (Å²) in [5, 5.41) is 43.1. The van der Waals surface area contributed by atoms with E-state index in [4.69, 9.17) is 17.2 Å². The Hall–Kier alpha value is -3.56. The predicted molar refractivity (Wildman–Crippen MR) is 177 cm³/mol. The molecule has 0 aliphatic carbocycles. The van der Waals surface area contributed by atoms with Crippen LogP contribution in [-0.4, -0.2) is 138 Å². The summed E-state index contributed by atoms with van der Waals surface area (Å²) in [5.74, 6) is -5.76. The normalized spacial score (nSPS) is 14.6. The van der Waals surface area contributed by atoms with Crippen LogP contribution in [0.1, 0.15) is 51.9 Å². The Kier molecular flexibility index (Phi) is 23.6. The van der Waals surface area contributed by atoms with E-state index in [2.05, 4.69) is 31.9 Å². The molecule has 19 nitrogen and oxygen atoms in total. The molecule has 0 aliphatic rings. The molecule has 0 fully saturated rings. The molecule has 0 aromatic carbocycles. The molecule has 0 aromatic heterocycles. The third kappa shape index (κ3) is 18.1. The summed E-state index contributed by atoms with van der Waals surface area (Å²) in [4.78, 5) is 87.6. The Morgan fingerprint density at radius 1 is 0.625 bits per heavy atom.